The highest BCUT2D eigenvalue weighted by atomic mass is 16.1. The second kappa shape index (κ2) is 7.76. The van der Waals surface area contributed by atoms with E-state index in [1.54, 1.807) is 0 Å². The number of benzene rings is 2. The zero-order chi connectivity index (χ0) is 21.2. The standard InChI is InChI=1S/C27H29NO/c1-26(2,3)21-9-15-24(16-10-21)28(23-13-7-20(19-29)8-14-23)25-17-11-22(12-18-25)27(4,5)6/h7-11,13-17,19H,1-6H3. The first-order valence-electron chi connectivity index (χ1n) is 10.00. The molecule has 0 radical (unpaired) electrons. The molecular weight excluding hydrogens is 354 g/mol. The zero-order valence-electron chi connectivity index (χ0n) is 18.2. The minimum Gasteiger partial charge on any atom is -0.303 e. The van der Waals surface area contributed by atoms with Crippen LogP contribution in [0, 0.1) is 12.1 Å². The number of hydrogen-bond donors (Lipinski definition) is 0. The second-order valence-electron chi connectivity index (χ2n) is 9.47. The first-order chi connectivity index (χ1) is 13.6. The first-order valence-corrected chi connectivity index (χ1v) is 10.00. The fourth-order valence-electron chi connectivity index (χ4n) is 3.18. The van der Waals surface area contributed by atoms with Gasteiger partial charge in [0.05, 0.1) is 5.69 Å². The molecule has 0 aliphatic heterocycles. The summed E-state index contributed by atoms with van der Waals surface area (Å²) in [5.74, 6) is 0. The van der Waals surface area contributed by atoms with E-state index in [-0.39, 0.29) is 10.8 Å². The molecule has 0 aromatic heterocycles. The van der Waals surface area contributed by atoms with Crippen molar-refractivity contribution in [2.45, 2.75) is 52.4 Å². The summed E-state index contributed by atoms with van der Waals surface area (Å²) < 4.78 is 0. The van der Waals surface area contributed by atoms with Crippen LogP contribution in [0.25, 0.3) is 0 Å². The van der Waals surface area contributed by atoms with Crippen molar-refractivity contribution in [3.05, 3.63) is 89.5 Å². The SMILES string of the molecule is CC(C)(C)c1c#cc(N(c2ccc(C=O)cc2)c2ccc(C(C)(C)C)cc2)cc1. The normalized spacial score (nSPS) is 11.7. The van der Waals surface area contributed by atoms with E-state index in [1.807, 2.05) is 24.3 Å². The van der Waals surface area contributed by atoms with E-state index in [0.717, 1.165) is 28.9 Å². The maximum atomic E-state index is 11.1. The molecule has 29 heavy (non-hydrogen) atoms. The molecule has 148 valence electrons. The molecule has 0 atom stereocenters. The number of nitrogens with zero attached hydrogens (tertiary/aromatic N) is 1. The van der Waals surface area contributed by atoms with E-state index in [4.69, 9.17) is 0 Å². The smallest absolute Gasteiger partial charge is 0.150 e. The lowest BCUT2D eigenvalue weighted by molar-refractivity contribution is 0.112. The summed E-state index contributed by atoms with van der Waals surface area (Å²) in [7, 11) is 0. The van der Waals surface area contributed by atoms with Gasteiger partial charge in [0.2, 0.25) is 0 Å². The monoisotopic (exact) mass is 383 g/mol. The lowest BCUT2D eigenvalue weighted by Crippen LogP contribution is -2.13. The van der Waals surface area contributed by atoms with Crippen LogP contribution in [0.3, 0.4) is 0 Å². The van der Waals surface area contributed by atoms with Crippen LogP contribution in [-0.4, -0.2) is 6.29 Å². The van der Waals surface area contributed by atoms with Crippen molar-refractivity contribution >= 4 is 23.3 Å². The van der Waals surface area contributed by atoms with Gasteiger partial charge in [0.15, 0.2) is 0 Å². The van der Waals surface area contributed by atoms with Crippen LogP contribution in [0.15, 0.2) is 60.7 Å². The zero-order valence-corrected chi connectivity index (χ0v) is 18.2. The fraction of sp³-hybridized carbons (Fsp3) is 0.296. The van der Waals surface area contributed by atoms with E-state index in [0.29, 0.717) is 5.56 Å². The van der Waals surface area contributed by atoms with Crippen LogP contribution in [0.2, 0.25) is 0 Å². The summed E-state index contributed by atoms with van der Waals surface area (Å²) in [5.41, 5.74) is 6.15. The molecule has 0 amide bonds. The van der Waals surface area contributed by atoms with Crippen LogP contribution in [0.5, 0.6) is 0 Å². The Hall–Kier alpha value is -3.05. The van der Waals surface area contributed by atoms with Gasteiger partial charge in [-0.1, -0.05) is 59.7 Å². The molecule has 0 fully saturated rings. The average molecular weight is 384 g/mol. The molecular formula is C27H29NO. The van der Waals surface area contributed by atoms with Gasteiger partial charge in [-0.2, -0.15) is 0 Å². The molecule has 0 aliphatic rings. The van der Waals surface area contributed by atoms with Crippen molar-refractivity contribution < 1.29 is 4.79 Å². The Morgan fingerprint density at radius 3 is 1.66 bits per heavy atom. The van der Waals surface area contributed by atoms with E-state index in [9.17, 15) is 4.79 Å². The highest BCUT2D eigenvalue weighted by Crippen LogP contribution is 2.35. The molecule has 0 N–H and O–H groups in total. The van der Waals surface area contributed by atoms with Gasteiger partial charge in [-0.25, -0.2) is 0 Å². The molecule has 3 rings (SSSR count). The summed E-state index contributed by atoms with van der Waals surface area (Å²) in [5, 5.41) is 0. The topological polar surface area (TPSA) is 20.3 Å². The van der Waals surface area contributed by atoms with Gasteiger partial charge in [-0.3, -0.25) is 4.79 Å². The van der Waals surface area contributed by atoms with Crippen molar-refractivity contribution in [3.8, 4) is 0 Å². The number of carbonyl (C=O) groups is 1. The summed E-state index contributed by atoms with van der Waals surface area (Å²) in [6.45, 7) is 13.2. The van der Waals surface area contributed by atoms with Gasteiger partial charge >= 0.3 is 0 Å². The number of aldehydes is 1. The van der Waals surface area contributed by atoms with Crippen LogP contribution in [0.1, 0.15) is 63.0 Å². The largest absolute Gasteiger partial charge is 0.303 e. The molecule has 2 heteroatoms. The van der Waals surface area contributed by atoms with Gasteiger partial charge in [0, 0.05) is 22.5 Å². The quantitative estimate of drug-likeness (QED) is 0.445. The third-order valence-corrected chi connectivity index (χ3v) is 5.06. The number of anilines is 3. The number of carbonyl (C=O) groups excluding carboxylic acids is 1. The molecule has 2 nitrogen and oxygen atoms in total. The Morgan fingerprint density at radius 2 is 1.24 bits per heavy atom. The molecule has 3 aromatic rings. The highest BCUT2D eigenvalue weighted by molar-refractivity contribution is 5.80. The van der Waals surface area contributed by atoms with Gasteiger partial charge in [-0.15, -0.1) is 0 Å². The first kappa shape index (κ1) is 20.7. The predicted octanol–water partition coefficient (Wildman–Crippen LogP) is 7.16. The lowest BCUT2D eigenvalue weighted by Gasteiger charge is -2.26. The van der Waals surface area contributed by atoms with Crippen LogP contribution < -0.4 is 4.90 Å². The molecule has 0 heterocycles. The second-order valence-corrected chi connectivity index (χ2v) is 9.47. The Bertz CT molecular complexity index is 896. The third-order valence-electron chi connectivity index (χ3n) is 5.06. The Kier molecular flexibility index (Phi) is 5.53. The molecule has 0 spiro atoms. The number of hydrogen-bond acceptors (Lipinski definition) is 2. The van der Waals surface area contributed by atoms with E-state index < -0.39 is 0 Å². The minimum absolute atomic E-state index is 0.0276. The van der Waals surface area contributed by atoms with Gasteiger partial charge in [-0.05, 0) is 71.0 Å². The van der Waals surface area contributed by atoms with Crippen LogP contribution >= 0.6 is 0 Å². The maximum Gasteiger partial charge on any atom is 0.150 e. The average Bonchev–Trinajstić information content (AvgIpc) is 2.68. The van der Waals surface area contributed by atoms with E-state index in [1.165, 1.54) is 5.56 Å². The third kappa shape index (κ3) is 4.69. The highest BCUT2D eigenvalue weighted by Gasteiger charge is 2.18. The molecule has 0 aliphatic carbocycles. The Morgan fingerprint density at radius 1 is 0.690 bits per heavy atom. The van der Waals surface area contributed by atoms with Crippen molar-refractivity contribution in [2.24, 2.45) is 0 Å². The Labute approximate surface area is 175 Å². The van der Waals surface area contributed by atoms with Crippen LogP contribution in [0.4, 0.5) is 17.1 Å². The Balaban J connectivity index is 2.07. The number of rotatable bonds is 4. The van der Waals surface area contributed by atoms with Gasteiger partial charge in [0.1, 0.15) is 6.29 Å². The molecule has 0 saturated heterocycles. The molecule has 3 aromatic carbocycles. The van der Waals surface area contributed by atoms with Crippen molar-refractivity contribution in [1.29, 1.82) is 0 Å². The summed E-state index contributed by atoms with van der Waals surface area (Å²) in [6.07, 6.45) is 0.865. The van der Waals surface area contributed by atoms with E-state index >= 15 is 0 Å². The van der Waals surface area contributed by atoms with Crippen molar-refractivity contribution in [2.75, 3.05) is 4.90 Å². The molecule has 0 bridgehead atoms. The summed E-state index contributed by atoms with van der Waals surface area (Å²) in [4.78, 5) is 13.2. The summed E-state index contributed by atoms with van der Waals surface area (Å²) in [6, 6.07) is 27.1. The summed E-state index contributed by atoms with van der Waals surface area (Å²) >= 11 is 0. The van der Waals surface area contributed by atoms with Crippen molar-refractivity contribution in [1.82, 2.24) is 0 Å². The minimum atomic E-state index is 0.0276. The molecule has 0 saturated carbocycles. The van der Waals surface area contributed by atoms with Crippen molar-refractivity contribution in [3.63, 3.8) is 0 Å². The predicted molar refractivity (Wildman–Crippen MR) is 122 cm³/mol. The lowest BCUT2D eigenvalue weighted by atomic mass is 9.87. The maximum absolute atomic E-state index is 11.1. The fourth-order valence-corrected chi connectivity index (χ4v) is 3.18. The van der Waals surface area contributed by atoms with Gasteiger partial charge < -0.3 is 4.90 Å². The van der Waals surface area contributed by atoms with Crippen LogP contribution in [-0.2, 0) is 10.8 Å². The molecule has 0 unspecified atom stereocenters. The van der Waals surface area contributed by atoms with E-state index in [2.05, 4.69) is 95.0 Å². The van der Waals surface area contributed by atoms with Gasteiger partial charge in [0.25, 0.3) is 0 Å².